The lowest BCUT2D eigenvalue weighted by molar-refractivity contribution is -0.124. The van der Waals surface area contributed by atoms with E-state index in [0.717, 1.165) is 30.7 Å². The molecule has 2 unspecified atom stereocenters. The van der Waals surface area contributed by atoms with E-state index >= 15 is 0 Å². The monoisotopic (exact) mass is 264 g/mol. The molecule has 0 aromatic heterocycles. The molecule has 0 saturated carbocycles. The number of benzene rings is 1. The molecule has 0 heterocycles. The first-order valence-electron chi connectivity index (χ1n) is 6.88. The molecule has 1 rings (SSSR count). The topological polar surface area (TPSA) is 64.3 Å². The SMILES string of the molecule is CCCNC(CC)c1ccccc1OC(C)C(N)=O. The van der Waals surface area contributed by atoms with Crippen molar-refractivity contribution >= 4 is 5.91 Å². The first-order chi connectivity index (χ1) is 9.10. The van der Waals surface area contributed by atoms with Crippen molar-refractivity contribution in [2.75, 3.05) is 6.54 Å². The largest absolute Gasteiger partial charge is 0.481 e. The van der Waals surface area contributed by atoms with Crippen molar-refractivity contribution in [3.63, 3.8) is 0 Å². The minimum Gasteiger partial charge on any atom is -0.481 e. The van der Waals surface area contributed by atoms with E-state index < -0.39 is 12.0 Å². The highest BCUT2D eigenvalue weighted by Crippen LogP contribution is 2.27. The summed E-state index contributed by atoms with van der Waals surface area (Å²) in [5.41, 5.74) is 6.32. The zero-order valence-corrected chi connectivity index (χ0v) is 12.0. The number of para-hydroxylation sites is 1. The summed E-state index contributed by atoms with van der Waals surface area (Å²) in [6.07, 6.45) is 1.42. The fourth-order valence-corrected chi connectivity index (χ4v) is 1.92. The van der Waals surface area contributed by atoms with Gasteiger partial charge in [-0.3, -0.25) is 4.79 Å². The predicted molar refractivity (Wildman–Crippen MR) is 77.1 cm³/mol. The third kappa shape index (κ3) is 4.56. The predicted octanol–water partition coefficient (Wildman–Crippen LogP) is 2.39. The molecule has 19 heavy (non-hydrogen) atoms. The molecule has 0 radical (unpaired) electrons. The number of ether oxygens (including phenoxy) is 1. The lowest BCUT2D eigenvalue weighted by Crippen LogP contribution is -2.31. The number of hydrogen-bond acceptors (Lipinski definition) is 3. The van der Waals surface area contributed by atoms with E-state index in [1.54, 1.807) is 6.92 Å². The van der Waals surface area contributed by atoms with Crippen LogP contribution in [0.4, 0.5) is 0 Å². The first-order valence-corrected chi connectivity index (χ1v) is 6.88. The average Bonchev–Trinajstić information content (AvgIpc) is 2.41. The van der Waals surface area contributed by atoms with Crippen LogP contribution in [0.3, 0.4) is 0 Å². The molecule has 0 aliphatic carbocycles. The van der Waals surface area contributed by atoms with E-state index in [1.807, 2.05) is 24.3 Å². The van der Waals surface area contributed by atoms with Gasteiger partial charge in [0.2, 0.25) is 0 Å². The number of nitrogens with two attached hydrogens (primary N) is 1. The van der Waals surface area contributed by atoms with Gasteiger partial charge in [0.25, 0.3) is 5.91 Å². The van der Waals surface area contributed by atoms with Gasteiger partial charge >= 0.3 is 0 Å². The van der Waals surface area contributed by atoms with Crippen molar-refractivity contribution in [3.05, 3.63) is 29.8 Å². The Morgan fingerprint density at radius 2 is 2.05 bits per heavy atom. The number of carbonyl (C=O) groups excluding carboxylic acids is 1. The summed E-state index contributed by atoms with van der Waals surface area (Å²) in [6, 6.07) is 8.02. The molecule has 3 N–H and O–H groups in total. The zero-order valence-electron chi connectivity index (χ0n) is 12.0. The Bertz CT molecular complexity index is 407. The molecule has 1 aromatic rings. The van der Waals surface area contributed by atoms with Gasteiger partial charge in [-0.25, -0.2) is 0 Å². The fourth-order valence-electron chi connectivity index (χ4n) is 1.92. The van der Waals surface area contributed by atoms with Gasteiger partial charge in [-0.1, -0.05) is 32.0 Å². The molecule has 4 nitrogen and oxygen atoms in total. The summed E-state index contributed by atoms with van der Waals surface area (Å²) >= 11 is 0. The maximum absolute atomic E-state index is 11.1. The second-order valence-electron chi connectivity index (χ2n) is 4.62. The van der Waals surface area contributed by atoms with Crippen LogP contribution in [0.25, 0.3) is 0 Å². The third-order valence-electron chi connectivity index (χ3n) is 3.05. The number of nitrogens with one attached hydrogen (secondary N) is 1. The second kappa shape index (κ2) is 7.79. The number of amides is 1. The molecule has 0 saturated heterocycles. The fraction of sp³-hybridized carbons (Fsp3) is 0.533. The molecule has 0 fully saturated rings. The average molecular weight is 264 g/mol. The quantitative estimate of drug-likeness (QED) is 0.757. The smallest absolute Gasteiger partial charge is 0.258 e. The number of rotatable bonds is 8. The summed E-state index contributed by atoms with van der Waals surface area (Å²) in [5, 5.41) is 3.48. The molecule has 0 aliphatic heterocycles. The van der Waals surface area contributed by atoms with Crippen molar-refractivity contribution in [1.29, 1.82) is 0 Å². The van der Waals surface area contributed by atoms with Gasteiger partial charge in [0.15, 0.2) is 6.10 Å². The van der Waals surface area contributed by atoms with Gasteiger partial charge in [-0.05, 0) is 32.4 Å². The van der Waals surface area contributed by atoms with Gasteiger partial charge in [0.1, 0.15) is 5.75 Å². The minimum absolute atomic E-state index is 0.233. The van der Waals surface area contributed by atoms with Crippen molar-refractivity contribution in [1.82, 2.24) is 5.32 Å². The second-order valence-corrected chi connectivity index (χ2v) is 4.62. The van der Waals surface area contributed by atoms with Crippen molar-refractivity contribution < 1.29 is 9.53 Å². The van der Waals surface area contributed by atoms with Gasteiger partial charge in [0, 0.05) is 11.6 Å². The van der Waals surface area contributed by atoms with E-state index in [9.17, 15) is 4.79 Å². The van der Waals surface area contributed by atoms with Gasteiger partial charge in [-0.15, -0.1) is 0 Å². The van der Waals surface area contributed by atoms with Gasteiger partial charge in [-0.2, -0.15) is 0 Å². The highest BCUT2D eigenvalue weighted by atomic mass is 16.5. The van der Waals surface area contributed by atoms with Crippen LogP contribution in [0.15, 0.2) is 24.3 Å². The number of carbonyl (C=O) groups is 1. The van der Waals surface area contributed by atoms with Crippen LogP contribution in [0.1, 0.15) is 45.2 Å². The molecule has 1 aromatic carbocycles. The third-order valence-corrected chi connectivity index (χ3v) is 3.05. The summed E-state index contributed by atoms with van der Waals surface area (Å²) in [4.78, 5) is 11.1. The Morgan fingerprint density at radius 3 is 2.63 bits per heavy atom. The molecule has 0 spiro atoms. The Kier molecular flexibility index (Phi) is 6.36. The van der Waals surface area contributed by atoms with E-state index in [1.165, 1.54) is 0 Å². The van der Waals surface area contributed by atoms with E-state index in [2.05, 4.69) is 19.2 Å². The lowest BCUT2D eigenvalue weighted by Gasteiger charge is -2.22. The lowest BCUT2D eigenvalue weighted by atomic mass is 10.0. The maximum atomic E-state index is 11.1. The van der Waals surface area contributed by atoms with Crippen LogP contribution >= 0.6 is 0 Å². The Balaban J connectivity index is 2.89. The van der Waals surface area contributed by atoms with E-state index in [0.29, 0.717) is 0 Å². The Labute approximate surface area is 115 Å². The van der Waals surface area contributed by atoms with Gasteiger partial charge in [0.05, 0.1) is 0 Å². The van der Waals surface area contributed by atoms with Crippen LogP contribution in [0.5, 0.6) is 5.75 Å². The minimum atomic E-state index is -0.621. The maximum Gasteiger partial charge on any atom is 0.258 e. The molecule has 1 amide bonds. The zero-order chi connectivity index (χ0) is 14.3. The molecular weight excluding hydrogens is 240 g/mol. The standard InChI is InChI=1S/C15H24N2O2/c1-4-10-17-13(5-2)12-8-6-7-9-14(12)19-11(3)15(16)18/h6-9,11,13,17H,4-5,10H2,1-3H3,(H2,16,18). The van der Waals surface area contributed by atoms with Crippen LogP contribution < -0.4 is 15.8 Å². The number of primary amides is 1. The molecule has 0 bridgehead atoms. The first kappa shape index (κ1) is 15.5. The summed E-state index contributed by atoms with van der Waals surface area (Å²) in [6.45, 7) is 6.89. The van der Waals surface area contributed by atoms with Gasteiger partial charge < -0.3 is 15.8 Å². The van der Waals surface area contributed by atoms with Crippen molar-refractivity contribution in [2.24, 2.45) is 5.73 Å². The van der Waals surface area contributed by atoms with E-state index in [4.69, 9.17) is 10.5 Å². The van der Waals surface area contributed by atoms with Crippen LogP contribution in [0, 0.1) is 0 Å². The Morgan fingerprint density at radius 1 is 1.37 bits per heavy atom. The molecular formula is C15H24N2O2. The Hall–Kier alpha value is -1.55. The summed E-state index contributed by atoms with van der Waals surface area (Å²) in [5.74, 6) is 0.272. The van der Waals surface area contributed by atoms with Crippen molar-refractivity contribution in [3.8, 4) is 5.75 Å². The van der Waals surface area contributed by atoms with Crippen LogP contribution in [-0.4, -0.2) is 18.6 Å². The summed E-state index contributed by atoms with van der Waals surface area (Å²) < 4.78 is 5.66. The van der Waals surface area contributed by atoms with Crippen molar-refractivity contribution in [2.45, 2.75) is 45.8 Å². The van der Waals surface area contributed by atoms with Crippen LogP contribution in [0.2, 0.25) is 0 Å². The summed E-state index contributed by atoms with van der Waals surface area (Å²) in [7, 11) is 0. The highest BCUT2D eigenvalue weighted by molar-refractivity contribution is 5.78. The highest BCUT2D eigenvalue weighted by Gasteiger charge is 2.17. The molecule has 0 aliphatic rings. The molecule has 2 atom stereocenters. The number of hydrogen-bond donors (Lipinski definition) is 2. The van der Waals surface area contributed by atoms with Crippen LogP contribution in [-0.2, 0) is 4.79 Å². The normalized spacial score (nSPS) is 13.8. The molecule has 4 heteroatoms. The van der Waals surface area contributed by atoms with E-state index in [-0.39, 0.29) is 6.04 Å². The molecule has 106 valence electrons.